The number of hydrogen-bond acceptors (Lipinski definition) is 2. The van der Waals surface area contributed by atoms with E-state index in [1.807, 2.05) is 0 Å². The number of carboxylic acid groups (broad SMARTS) is 1. The molecule has 1 saturated carbocycles. The Morgan fingerprint density at radius 2 is 2.21 bits per heavy atom. The predicted molar refractivity (Wildman–Crippen MR) is 55.1 cm³/mol. The Hall–Kier alpha value is -1.22. The van der Waals surface area contributed by atoms with Gasteiger partial charge in [0.05, 0.1) is 10.6 Å². The first-order chi connectivity index (χ1) is 6.66. The minimum atomic E-state index is -0.991. The van der Waals surface area contributed by atoms with E-state index in [2.05, 4.69) is 5.32 Å². The van der Waals surface area contributed by atoms with Crippen LogP contribution in [0.25, 0.3) is 0 Å². The summed E-state index contributed by atoms with van der Waals surface area (Å²) in [4.78, 5) is 10.8. The van der Waals surface area contributed by atoms with E-state index in [-0.39, 0.29) is 10.6 Å². The zero-order valence-corrected chi connectivity index (χ0v) is 8.21. The van der Waals surface area contributed by atoms with Crippen LogP contribution >= 0.6 is 11.6 Å². The van der Waals surface area contributed by atoms with Crippen LogP contribution in [0.1, 0.15) is 23.2 Å². The fraction of sp³-hybridized carbons (Fsp3) is 0.300. The van der Waals surface area contributed by atoms with Gasteiger partial charge in [0.15, 0.2) is 0 Å². The normalized spacial score (nSPS) is 15.2. The Labute approximate surface area is 86.7 Å². The lowest BCUT2D eigenvalue weighted by atomic mass is 10.2. The maximum atomic E-state index is 10.8. The predicted octanol–water partition coefficient (Wildman–Crippen LogP) is 2.61. The largest absolute Gasteiger partial charge is 0.478 e. The van der Waals surface area contributed by atoms with Gasteiger partial charge in [0, 0.05) is 11.7 Å². The molecule has 4 heteroatoms. The molecular formula is C10H10ClNO2. The third kappa shape index (κ3) is 1.99. The van der Waals surface area contributed by atoms with Crippen molar-refractivity contribution in [2.24, 2.45) is 0 Å². The molecule has 2 rings (SSSR count). The van der Waals surface area contributed by atoms with Gasteiger partial charge in [-0.2, -0.15) is 0 Å². The van der Waals surface area contributed by atoms with Gasteiger partial charge >= 0.3 is 5.97 Å². The van der Waals surface area contributed by atoms with Gasteiger partial charge in [0.25, 0.3) is 0 Å². The smallest absolute Gasteiger partial charge is 0.337 e. The molecule has 74 valence electrons. The molecule has 1 aromatic carbocycles. The summed E-state index contributed by atoms with van der Waals surface area (Å²) in [5.74, 6) is -0.991. The van der Waals surface area contributed by atoms with Gasteiger partial charge in [-0.15, -0.1) is 0 Å². The van der Waals surface area contributed by atoms with Crippen LogP contribution in [-0.4, -0.2) is 17.1 Å². The average molecular weight is 212 g/mol. The highest BCUT2D eigenvalue weighted by Gasteiger charge is 2.21. The second kappa shape index (κ2) is 3.50. The van der Waals surface area contributed by atoms with E-state index in [9.17, 15) is 4.79 Å². The number of carbonyl (C=O) groups is 1. The molecule has 2 N–H and O–H groups in total. The van der Waals surface area contributed by atoms with Crippen molar-refractivity contribution in [3.8, 4) is 0 Å². The van der Waals surface area contributed by atoms with Gasteiger partial charge in [0.2, 0.25) is 0 Å². The van der Waals surface area contributed by atoms with Gasteiger partial charge < -0.3 is 10.4 Å². The number of anilines is 1. The van der Waals surface area contributed by atoms with Crippen LogP contribution in [0.5, 0.6) is 0 Å². The van der Waals surface area contributed by atoms with Crippen LogP contribution < -0.4 is 5.32 Å². The molecule has 0 unspecified atom stereocenters. The molecule has 1 aliphatic rings. The molecule has 0 atom stereocenters. The number of aromatic carboxylic acids is 1. The minimum absolute atomic E-state index is 0.150. The summed E-state index contributed by atoms with van der Waals surface area (Å²) < 4.78 is 0. The summed E-state index contributed by atoms with van der Waals surface area (Å²) in [5, 5.41) is 12.3. The molecule has 0 bridgehead atoms. The lowest BCUT2D eigenvalue weighted by Gasteiger charge is -2.06. The summed E-state index contributed by atoms with van der Waals surface area (Å²) in [6.07, 6.45) is 2.32. The third-order valence-corrected chi connectivity index (χ3v) is 2.47. The van der Waals surface area contributed by atoms with Crippen LogP contribution in [0.4, 0.5) is 5.69 Å². The van der Waals surface area contributed by atoms with Gasteiger partial charge in [-0.05, 0) is 31.0 Å². The molecule has 0 aliphatic heterocycles. The maximum Gasteiger partial charge on any atom is 0.337 e. The molecular weight excluding hydrogens is 202 g/mol. The third-order valence-electron chi connectivity index (χ3n) is 2.14. The zero-order valence-electron chi connectivity index (χ0n) is 7.46. The van der Waals surface area contributed by atoms with Crippen molar-refractivity contribution in [1.29, 1.82) is 0 Å². The molecule has 1 aliphatic carbocycles. The highest BCUT2D eigenvalue weighted by atomic mass is 35.5. The summed E-state index contributed by atoms with van der Waals surface area (Å²) in [5.41, 5.74) is 0.978. The molecule has 0 radical (unpaired) electrons. The van der Waals surface area contributed by atoms with E-state index in [0.29, 0.717) is 6.04 Å². The SMILES string of the molecule is O=C(O)c1cc(NC2CC2)ccc1Cl. The quantitative estimate of drug-likeness (QED) is 0.808. The highest BCUT2D eigenvalue weighted by molar-refractivity contribution is 6.33. The van der Waals surface area contributed by atoms with Crippen LogP contribution in [0, 0.1) is 0 Å². The van der Waals surface area contributed by atoms with Crippen molar-refractivity contribution in [1.82, 2.24) is 0 Å². The van der Waals surface area contributed by atoms with Crippen molar-refractivity contribution >= 4 is 23.3 Å². The highest BCUT2D eigenvalue weighted by Crippen LogP contribution is 2.27. The number of halogens is 1. The number of benzene rings is 1. The van der Waals surface area contributed by atoms with E-state index in [1.165, 1.54) is 0 Å². The number of nitrogens with one attached hydrogen (secondary N) is 1. The number of carboxylic acids is 1. The minimum Gasteiger partial charge on any atom is -0.478 e. The second-order valence-electron chi connectivity index (χ2n) is 3.42. The van der Waals surface area contributed by atoms with E-state index >= 15 is 0 Å². The fourth-order valence-corrected chi connectivity index (χ4v) is 1.44. The first-order valence-electron chi connectivity index (χ1n) is 4.46. The molecule has 0 saturated heterocycles. The standard InChI is InChI=1S/C10H10ClNO2/c11-9-4-3-7(12-6-1-2-6)5-8(9)10(13)14/h3-6,12H,1-2H2,(H,13,14). The fourth-order valence-electron chi connectivity index (χ4n) is 1.24. The van der Waals surface area contributed by atoms with Crippen molar-refractivity contribution in [3.05, 3.63) is 28.8 Å². The lowest BCUT2D eigenvalue weighted by Crippen LogP contribution is -2.03. The maximum absolute atomic E-state index is 10.8. The monoisotopic (exact) mass is 211 g/mol. The summed E-state index contributed by atoms with van der Waals surface area (Å²) in [6, 6.07) is 5.49. The van der Waals surface area contributed by atoms with Crippen molar-refractivity contribution in [2.75, 3.05) is 5.32 Å². The van der Waals surface area contributed by atoms with Crippen molar-refractivity contribution < 1.29 is 9.90 Å². The zero-order chi connectivity index (χ0) is 10.1. The van der Waals surface area contributed by atoms with E-state index in [0.717, 1.165) is 18.5 Å². The summed E-state index contributed by atoms with van der Waals surface area (Å²) in [7, 11) is 0. The van der Waals surface area contributed by atoms with Crippen molar-refractivity contribution in [3.63, 3.8) is 0 Å². The Kier molecular flexibility index (Phi) is 2.33. The molecule has 1 fully saturated rings. The summed E-state index contributed by atoms with van der Waals surface area (Å²) >= 11 is 5.73. The van der Waals surface area contributed by atoms with Gasteiger partial charge in [0.1, 0.15) is 0 Å². The Morgan fingerprint density at radius 1 is 1.50 bits per heavy atom. The van der Waals surface area contributed by atoms with Gasteiger partial charge in [-0.3, -0.25) is 0 Å². The number of rotatable bonds is 3. The Morgan fingerprint density at radius 3 is 2.79 bits per heavy atom. The Bertz CT molecular complexity index is 374. The molecule has 3 nitrogen and oxygen atoms in total. The van der Waals surface area contributed by atoms with Gasteiger partial charge in [-0.1, -0.05) is 11.6 Å². The molecule has 0 amide bonds. The summed E-state index contributed by atoms with van der Waals surface area (Å²) in [6.45, 7) is 0. The van der Waals surface area contributed by atoms with E-state index in [4.69, 9.17) is 16.7 Å². The number of hydrogen-bond donors (Lipinski definition) is 2. The van der Waals surface area contributed by atoms with E-state index in [1.54, 1.807) is 18.2 Å². The molecule has 0 aromatic heterocycles. The lowest BCUT2D eigenvalue weighted by molar-refractivity contribution is 0.0697. The average Bonchev–Trinajstić information content (AvgIpc) is 2.92. The van der Waals surface area contributed by atoms with Crippen LogP contribution in [0.3, 0.4) is 0 Å². The molecule has 0 heterocycles. The first-order valence-corrected chi connectivity index (χ1v) is 4.84. The van der Waals surface area contributed by atoms with E-state index < -0.39 is 5.97 Å². The van der Waals surface area contributed by atoms with Crippen molar-refractivity contribution in [2.45, 2.75) is 18.9 Å². The van der Waals surface area contributed by atoms with Crippen LogP contribution in [0.2, 0.25) is 5.02 Å². The molecule has 14 heavy (non-hydrogen) atoms. The molecule has 0 spiro atoms. The van der Waals surface area contributed by atoms with Crippen LogP contribution in [0.15, 0.2) is 18.2 Å². The molecule has 1 aromatic rings. The first kappa shape index (κ1) is 9.34. The van der Waals surface area contributed by atoms with Gasteiger partial charge in [-0.25, -0.2) is 4.79 Å². The second-order valence-corrected chi connectivity index (χ2v) is 3.83. The topological polar surface area (TPSA) is 49.3 Å². The Balaban J connectivity index is 2.24. The van der Waals surface area contributed by atoms with Crippen LogP contribution in [-0.2, 0) is 0 Å².